The molecule has 0 aromatic heterocycles. The maximum absolute atomic E-state index is 9.82. The van der Waals surface area contributed by atoms with Gasteiger partial charge in [0.1, 0.15) is 0 Å². The van der Waals surface area contributed by atoms with Crippen LogP contribution in [-0.2, 0) is 9.47 Å². The number of carbonyl (C=O) groups excluding carboxylic acids is 2. The second kappa shape index (κ2) is 5.96. The number of ether oxygens (including phenoxy) is 2. The van der Waals surface area contributed by atoms with Crippen LogP contribution in [0.15, 0.2) is 0 Å². The normalized spacial score (nSPS) is 7.27. The van der Waals surface area contributed by atoms with Crippen molar-refractivity contribution in [2.75, 3.05) is 0 Å². The van der Waals surface area contributed by atoms with Crippen molar-refractivity contribution in [1.29, 1.82) is 0 Å². The second-order valence-corrected chi connectivity index (χ2v) is 0.970. The second-order valence-electron chi connectivity index (χ2n) is 0.970. The molecule has 7 nitrogen and oxygen atoms in total. The first-order valence-corrected chi connectivity index (χ1v) is 1.86. The summed E-state index contributed by atoms with van der Waals surface area (Å²) in [6.45, 7) is 0. The van der Waals surface area contributed by atoms with Crippen molar-refractivity contribution in [2.45, 2.75) is 0 Å². The van der Waals surface area contributed by atoms with Gasteiger partial charge < -0.3 is 24.5 Å². The third-order valence-corrected chi connectivity index (χ3v) is 0.337. The molecule has 0 rings (SSSR count). The monoisotopic (exact) mass is 172 g/mol. The molecule has 0 aromatic rings. The van der Waals surface area contributed by atoms with Crippen LogP contribution in [0.4, 0.5) is 14.4 Å². The van der Waals surface area contributed by atoms with Crippen LogP contribution in [0.25, 0.3) is 0 Å². The van der Waals surface area contributed by atoms with E-state index in [-0.39, 0.29) is 29.6 Å². The Bertz CT molecular complexity index is 157. The van der Waals surface area contributed by atoms with Gasteiger partial charge in [-0.05, 0) is 0 Å². The van der Waals surface area contributed by atoms with Gasteiger partial charge in [-0.2, -0.15) is 0 Å². The third-order valence-electron chi connectivity index (χ3n) is 0.337. The van der Waals surface area contributed by atoms with E-state index in [1.54, 1.807) is 0 Å². The molecule has 0 heterocycles. The summed E-state index contributed by atoms with van der Waals surface area (Å²) in [5.41, 5.74) is 0. The summed E-state index contributed by atoms with van der Waals surface area (Å²) < 4.78 is 6.32. The molecule has 8 heteroatoms. The van der Waals surface area contributed by atoms with Gasteiger partial charge in [0.2, 0.25) is 0 Å². The summed E-state index contributed by atoms with van der Waals surface area (Å²) in [5, 5.41) is 17.0. The summed E-state index contributed by atoms with van der Waals surface area (Å²) in [7, 11) is 0. The van der Waals surface area contributed by atoms with E-state index in [9.17, 15) is 19.5 Å². The van der Waals surface area contributed by atoms with E-state index in [4.69, 9.17) is 5.11 Å². The summed E-state index contributed by atoms with van der Waals surface area (Å²) in [6, 6.07) is 0. The predicted molar refractivity (Wildman–Crippen MR) is 21.0 cm³/mol. The first-order chi connectivity index (χ1) is 4.52. The Hall–Kier alpha value is -0.790. The summed E-state index contributed by atoms with van der Waals surface area (Å²) >= 11 is 0. The fourth-order valence-corrected chi connectivity index (χ4v) is 0.160. The molecule has 0 fully saturated rings. The Morgan fingerprint density at radius 1 is 1.18 bits per heavy atom. The molecule has 0 radical (unpaired) electrons. The van der Waals surface area contributed by atoms with E-state index in [0.717, 1.165) is 0 Å². The minimum atomic E-state index is -2.17. The zero-order valence-electron chi connectivity index (χ0n) is 5.40. The van der Waals surface area contributed by atoms with Crippen molar-refractivity contribution in [2.24, 2.45) is 0 Å². The number of hydrogen-bond acceptors (Lipinski definition) is 6. The quantitative estimate of drug-likeness (QED) is 0.226. The summed E-state index contributed by atoms with van der Waals surface area (Å²) in [4.78, 5) is 28.6. The van der Waals surface area contributed by atoms with E-state index in [2.05, 4.69) is 9.47 Å². The molecule has 0 bridgehead atoms. The van der Waals surface area contributed by atoms with Crippen LogP contribution in [0, 0.1) is 0 Å². The predicted octanol–water partition coefficient (Wildman–Crippen LogP) is -3.84. The minimum Gasteiger partial charge on any atom is -0.452 e. The Labute approximate surface area is 82.2 Å². The first-order valence-electron chi connectivity index (χ1n) is 1.86. The number of rotatable bonds is 0. The standard InChI is InChI=1S/C3H2O7.Na/c4-1(5)9-3(8)10-2(6)7;/h(H,4,5)(H,6,7);/q;+1/p-1. The van der Waals surface area contributed by atoms with Crippen LogP contribution < -0.4 is 34.7 Å². The summed E-state index contributed by atoms with van der Waals surface area (Å²) in [6.07, 6.45) is -5.98. The van der Waals surface area contributed by atoms with E-state index in [1.807, 2.05) is 0 Å². The molecule has 56 valence electrons. The van der Waals surface area contributed by atoms with Gasteiger partial charge in [-0.1, -0.05) is 0 Å². The smallest absolute Gasteiger partial charge is 0.452 e. The number of hydrogen-bond donors (Lipinski definition) is 1. The Morgan fingerprint density at radius 3 is 1.91 bits per heavy atom. The molecule has 0 unspecified atom stereocenters. The van der Waals surface area contributed by atoms with Gasteiger partial charge in [0.25, 0.3) is 6.16 Å². The molecule has 0 aliphatic heterocycles. The van der Waals surface area contributed by atoms with E-state index >= 15 is 0 Å². The minimum absolute atomic E-state index is 0. The van der Waals surface area contributed by atoms with E-state index in [0.29, 0.717) is 0 Å². The van der Waals surface area contributed by atoms with E-state index < -0.39 is 18.5 Å². The molecular weight excluding hydrogens is 171 g/mol. The molecule has 1 N–H and O–H groups in total. The third kappa shape index (κ3) is 9.21. The molecule has 0 aliphatic carbocycles. The Balaban J connectivity index is 0. The van der Waals surface area contributed by atoms with Crippen LogP contribution in [-0.4, -0.2) is 23.6 Å². The Morgan fingerprint density at radius 2 is 1.64 bits per heavy atom. The van der Waals surface area contributed by atoms with Gasteiger partial charge in [-0.25, -0.2) is 9.59 Å². The molecular formula is C3HNaO7. The van der Waals surface area contributed by atoms with Crippen molar-refractivity contribution >= 4 is 18.5 Å². The maximum atomic E-state index is 9.82. The molecule has 11 heavy (non-hydrogen) atoms. The van der Waals surface area contributed by atoms with Crippen LogP contribution in [0.5, 0.6) is 0 Å². The fourth-order valence-electron chi connectivity index (χ4n) is 0.160. The van der Waals surface area contributed by atoms with Gasteiger partial charge >= 0.3 is 41.9 Å². The van der Waals surface area contributed by atoms with Gasteiger partial charge in [0.05, 0.1) is 0 Å². The fraction of sp³-hybridized carbons (Fsp3) is 0. The number of carbonyl (C=O) groups is 3. The summed E-state index contributed by atoms with van der Waals surface area (Å²) in [5.74, 6) is 0. The van der Waals surface area contributed by atoms with Gasteiger partial charge in [-0.3, -0.25) is 0 Å². The average Bonchev–Trinajstić information content (AvgIpc) is 1.58. The van der Waals surface area contributed by atoms with Gasteiger partial charge in [0, 0.05) is 0 Å². The molecule has 0 saturated carbocycles. The van der Waals surface area contributed by atoms with Crippen LogP contribution in [0.3, 0.4) is 0 Å². The van der Waals surface area contributed by atoms with Crippen LogP contribution in [0.2, 0.25) is 0 Å². The molecule has 0 spiro atoms. The first kappa shape index (κ1) is 12.8. The molecule has 0 atom stereocenters. The van der Waals surface area contributed by atoms with Crippen molar-refractivity contribution in [1.82, 2.24) is 0 Å². The topological polar surface area (TPSA) is 113 Å². The maximum Gasteiger partial charge on any atom is 1.00 e. The number of carboxylic acid groups (broad SMARTS) is 2. The van der Waals surface area contributed by atoms with Gasteiger partial charge in [-0.15, -0.1) is 0 Å². The SMILES string of the molecule is O=C([O-])OC(=O)OC(=O)O.[Na+]. The molecule has 0 aromatic carbocycles. The van der Waals surface area contributed by atoms with Crippen LogP contribution >= 0.6 is 0 Å². The van der Waals surface area contributed by atoms with E-state index in [1.165, 1.54) is 0 Å². The largest absolute Gasteiger partial charge is 1.00 e. The Kier molecular flexibility index (Phi) is 6.96. The van der Waals surface area contributed by atoms with Gasteiger partial charge in [0.15, 0.2) is 0 Å². The zero-order valence-corrected chi connectivity index (χ0v) is 7.40. The van der Waals surface area contributed by atoms with Crippen molar-refractivity contribution in [3.05, 3.63) is 0 Å². The average molecular weight is 172 g/mol. The molecule has 0 saturated heterocycles. The van der Waals surface area contributed by atoms with Crippen molar-refractivity contribution < 1.29 is 63.6 Å². The molecule has 0 amide bonds. The molecule has 0 aliphatic rings. The zero-order chi connectivity index (χ0) is 8.15. The van der Waals surface area contributed by atoms with Crippen molar-refractivity contribution in [3.63, 3.8) is 0 Å². The van der Waals surface area contributed by atoms with Crippen LogP contribution in [0.1, 0.15) is 0 Å². The van der Waals surface area contributed by atoms with Crippen molar-refractivity contribution in [3.8, 4) is 0 Å².